The molecule has 1 saturated carbocycles. The van der Waals surface area contributed by atoms with Gasteiger partial charge in [-0.1, -0.05) is 18.0 Å². The van der Waals surface area contributed by atoms with Crippen molar-refractivity contribution in [1.29, 1.82) is 0 Å². The summed E-state index contributed by atoms with van der Waals surface area (Å²) in [6, 6.07) is 3.90. The standard InChI is InChI=1S/C20H27N3O3S/c1-14-6-7-17(27-14)20(24)23-10-8-16(12-23)19-21-18(22-26-19)9-11-25-13-15-4-2-3-5-15/h6-7,15-16H,2-5,8-13H2,1H3. The molecule has 1 unspecified atom stereocenters. The van der Waals surface area contributed by atoms with Crippen molar-refractivity contribution < 1.29 is 14.1 Å². The highest BCUT2D eigenvalue weighted by molar-refractivity contribution is 7.13. The van der Waals surface area contributed by atoms with Gasteiger partial charge in [0.2, 0.25) is 5.89 Å². The molecule has 1 atom stereocenters. The Morgan fingerprint density at radius 1 is 1.33 bits per heavy atom. The Morgan fingerprint density at radius 3 is 2.96 bits per heavy atom. The number of likely N-dealkylation sites (tertiary alicyclic amines) is 1. The number of ether oxygens (including phenoxy) is 1. The highest BCUT2D eigenvalue weighted by atomic mass is 32.1. The second-order valence-corrected chi connectivity index (χ2v) is 8.96. The molecule has 2 aromatic heterocycles. The molecule has 1 amide bonds. The van der Waals surface area contributed by atoms with Crippen LogP contribution >= 0.6 is 11.3 Å². The van der Waals surface area contributed by atoms with Gasteiger partial charge in [0, 0.05) is 31.0 Å². The largest absolute Gasteiger partial charge is 0.381 e. The van der Waals surface area contributed by atoms with E-state index in [2.05, 4.69) is 10.1 Å². The Hall–Kier alpha value is -1.73. The fourth-order valence-corrected chi connectivity index (χ4v) is 4.81. The lowest BCUT2D eigenvalue weighted by Gasteiger charge is -2.14. The molecule has 6 nitrogen and oxygen atoms in total. The summed E-state index contributed by atoms with van der Waals surface area (Å²) in [7, 11) is 0. The van der Waals surface area contributed by atoms with Crippen molar-refractivity contribution in [2.75, 3.05) is 26.3 Å². The van der Waals surface area contributed by atoms with E-state index in [4.69, 9.17) is 9.26 Å². The Bertz CT molecular complexity index is 766. The van der Waals surface area contributed by atoms with Gasteiger partial charge in [-0.25, -0.2) is 0 Å². The van der Waals surface area contributed by atoms with Gasteiger partial charge in [0.05, 0.1) is 17.4 Å². The number of hydrogen-bond acceptors (Lipinski definition) is 6. The lowest BCUT2D eigenvalue weighted by Crippen LogP contribution is -2.27. The summed E-state index contributed by atoms with van der Waals surface area (Å²) in [5, 5.41) is 4.09. The van der Waals surface area contributed by atoms with E-state index in [-0.39, 0.29) is 11.8 Å². The van der Waals surface area contributed by atoms with Crippen LogP contribution < -0.4 is 0 Å². The Kier molecular flexibility index (Phi) is 5.88. The first kappa shape index (κ1) is 18.6. The van der Waals surface area contributed by atoms with Crippen LogP contribution in [0.1, 0.15) is 64.3 Å². The maximum atomic E-state index is 12.6. The molecule has 2 fully saturated rings. The molecule has 2 aromatic rings. The zero-order valence-corrected chi connectivity index (χ0v) is 16.7. The van der Waals surface area contributed by atoms with Crippen LogP contribution in [-0.4, -0.2) is 47.3 Å². The summed E-state index contributed by atoms with van der Waals surface area (Å²) >= 11 is 1.55. The molecule has 4 rings (SSSR count). The van der Waals surface area contributed by atoms with Crippen molar-refractivity contribution in [2.45, 2.75) is 51.4 Å². The summed E-state index contributed by atoms with van der Waals surface area (Å²) < 4.78 is 11.2. The first-order valence-corrected chi connectivity index (χ1v) is 10.8. The van der Waals surface area contributed by atoms with Gasteiger partial charge in [0.15, 0.2) is 5.82 Å². The zero-order valence-electron chi connectivity index (χ0n) is 15.9. The third-order valence-corrected chi connectivity index (χ3v) is 6.55. The first-order chi connectivity index (χ1) is 13.2. The average molecular weight is 390 g/mol. The monoisotopic (exact) mass is 389 g/mol. The highest BCUT2D eigenvalue weighted by Gasteiger charge is 2.32. The number of rotatable bonds is 7. The van der Waals surface area contributed by atoms with Crippen LogP contribution in [0.25, 0.3) is 0 Å². The van der Waals surface area contributed by atoms with E-state index in [1.54, 1.807) is 11.3 Å². The predicted octanol–water partition coefficient (Wildman–Crippen LogP) is 3.82. The third-order valence-electron chi connectivity index (χ3n) is 5.56. The van der Waals surface area contributed by atoms with E-state index >= 15 is 0 Å². The summed E-state index contributed by atoms with van der Waals surface area (Å²) in [6.45, 7) is 4.90. The van der Waals surface area contributed by atoms with Gasteiger partial charge in [0.25, 0.3) is 5.91 Å². The van der Waals surface area contributed by atoms with Gasteiger partial charge in [-0.2, -0.15) is 4.98 Å². The van der Waals surface area contributed by atoms with Crippen molar-refractivity contribution >= 4 is 17.2 Å². The normalized spacial score (nSPS) is 20.6. The number of carbonyl (C=O) groups excluding carboxylic acids is 1. The summed E-state index contributed by atoms with van der Waals surface area (Å²) in [5.74, 6) is 2.33. The quantitative estimate of drug-likeness (QED) is 0.674. The van der Waals surface area contributed by atoms with Crippen LogP contribution in [0.2, 0.25) is 0 Å². The molecule has 1 aliphatic heterocycles. The number of hydrogen-bond donors (Lipinski definition) is 0. The molecule has 0 spiro atoms. The van der Waals surface area contributed by atoms with E-state index < -0.39 is 0 Å². The smallest absolute Gasteiger partial charge is 0.263 e. The Morgan fingerprint density at radius 2 is 2.19 bits per heavy atom. The fraction of sp³-hybridized carbons (Fsp3) is 0.650. The average Bonchev–Trinajstić information content (AvgIpc) is 3.45. The van der Waals surface area contributed by atoms with Crippen LogP contribution in [0.5, 0.6) is 0 Å². The maximum Gasteiger partial charge on any atom is 0.263 e. The Labute approximate surface area is 163 Å². The minimum Gasteiger partial charge on any atom is -0.381 e. The summed E-state index contributed by atoms with van der Waals surface area (Å²) in [4.78, 5) is 21.0. The van der Waals surface area contributed by atoms with Crippen LogP contribution in [0.3, 0.4) is 0 Å². The second-order valence-electron chi connectivity index (χ2n) is 7.67. The lowest BCUT2D eigenvalue weighted by molar-refractivity contribution is 0.0794. The van der Waals surface area contributed by atoms with Crippen molar-refractivity contribution in [3.8, 4) is 0 Å². The molecular weight excluding hydrogens is 362 g/mol. The lowest BCUT2D eigenvalue weighted by atomic mass is 10.1. The van der Waals surface area contributed by atoms with E-state index in [1.807, 2.05) is 24.0 Å². The van der Waals surface area contributed by atoms with Crippen LogP contribution in [0.15, 0.2) is 16.7 Å². The van der Waals surface area contributed by atoms with Gasteiger partial charge in [-0.3, -0.25) is 4.79 Å². The van der Waals surface area contributed by atoms with Crippen molar-refractivity contribution in [1.82, 2.24) is 15.0 Å². The fourth-order valence-electron chi connectivity index (χ4n) is 3.98. The molecule has 1 aliphatic carbocycles. The SMILES string of the molecule is Cc1ccc(C(=O)N2CCC(c3nc(CCOCC4CCCC4)no3)C2)s1. The second kappa shape index (κ2) is 8.52. The van der Waals surface area contributed by atoms with E-state index in [0.29, 0.717) is 31.3 Å². The minimum absolute atomic E-state index is 0.107. The van der Waals surface area contributed by atoms with Gasteiger partial charge in [-0.15, -0.1) is 11.3 Å². The number of nitrogens with zero attached hydrogens (tertiary/aromatic N) is 3. The zero-order chi connectivity index (χ0) is 18.6. The molecule has 0 radical (unpaired) electrons. The molecule has 0 aromatic carbocycles. The van der Waals surface area contributed by atoms with Crippen LogP contribution in [0, 0.1) is 12.8 Å². The van der Waals surface area contributed by atoms with E-state index in [1.165, 1.54) is 25.7 Å². The Balaban J connectivity index is 1.24. The molecule has 2 aliphatic rings. The molecule has 0 N–H and O–H groups in total. The van der Waals surface area contributed by atoms with E-state index in [0.717, 1.165) is 35.2 Å². The maximum absolute atomic E-state index is 12.6. The van der Waals surface area contributed by atoms with Gasteiger partial charge in [0.1, 0.15) is 0 Å². The number of carbonyl (C=O) groups is 1. The van der Waals surface area contributed by atoms with Crippen molar-refractivity contribution in [3.05, 3.63) is 33.6 Å². The van der Waals surface area contributed by atoms with Crippen LogP contribution in [-0.2, 0) is 11.2 Å². The molecule has 146 valence electrons. The summed E-state index contributed by atoms with van der Waals surface area (Å²) in [6.07, 6.45) is 6.84. The van der Waals surface area contributed by atoms with Crippen LogP contribution in [0.4, 0.5) is 0 Å². The van der Waals surface area contributed by atoms with Crippen molar-refractivity contribution in [2.24, 2.45) is 5.92 Å². The molecule has 1 saturated heterocycles. The number of aryl methyl sites for hydroxylation is 1. The van der Waals surface area contributed by atoms with Gasteiger partial charge >= 0.3 is 0 Å². The number of amides is 1. The first-order valence-electron chi connectivity index (χ1n) is 9.95. The molecule has 0 bridgehead atoms. The van der Waals surface area contributed by atoms with Gasteiger partial charge < -0.3 is 14.2 Å². The molecule has 7 heteroatoms. The molecular formula is C20H27N3O3S. The highest BCUT2D eigenvalue weighted by Crippen LogP contribution is 2.28. The third kappa shape index (κ3) is 4.58. The molecule has 3 heterocycles. The predicted molar refractivity (Wildman–Crippen MR) is 103 cm³/mol. The minimum atomic E-state index is 0.107. The van der Waals surface area contributed by atoms with E-state index in [9.17, 15) is 4.79 Å². The topological polar surface area (TPSA) is 68.5 Å². The summed E-state index contributed by atoms with van der Waals surface area (Å²) in [5.41, 5.74) is 0. The van der Waals surface area contributed by atoms with Gasteiger partial charge in [-0.05, 0) is 44.2 Å². The van der Waals surface area contributed by atoms with Crippen molar-refractivity contribution in [3.63, 3.8) is 0 Å². The number of aromatic nitrogens is 2. The number of thiophene rings is 1. The molecule has 27 heavy (non-hydrogen) atoms.